The SMILES string of the molecule is CCCCCC(O)C#CC1=C(CCCCCCC(=O)O)C(=O)CC1O. The Labute approximate surface area is 150 Å². The van der Waals surface area contributed by atoms with E-state index in [1.54, 1.807) is 0 Å². The topological polar surface area (TPSA) is 94.8 Å². The highest BCUT2D eigenvalue weighted by atomic mass is 16.4. The molecule has 0 aromatic heterocycles. The number of allylic oxidation sites excluding steroid dienone is 1. The fraction of sp³-hybridized carbons (Fsp3) is 0.700. The molecule has 0 radical (unpaired) electrons. The quantitative estimate of drug-likeness (QED) is 0.393. The molecule has 2 unspecified atom stereocenters. The third-order valence-corrected chi connectivity index (χ3v) is 4.40. The summed E-state index contributed by atoms with van der Waals surface area (Å²) < 4.78 is 0. The second-order valence-electron chi connectivity index (χ2n) is 6.62. The van der Waals surface area contributed by atoms with Crippen molar-refractivity contribution in [3.05, 3.63) is 11.1 Å². The minimum atomic E-state index is -0.857. The first kappa shape index (κ1) is 21.4. The summed E-state index contributed by atoms with van der Waals surface area (Å²) in [5.41, 5.74) is 1.05. The molecule has 1 aliphatic carbocycles. The van der Waals surface area contributed by atoms with Crippen LogP contribution < -0.4 is 0 Å². The van der Waals surface area contributed by atoms with E-state index in [1.807, 2.05) is 0 Å². The highest BCUT2D eigenvalue weighted by Gasteiger charge is 2.29. The van der Waals surface area contributed by atoms with Crippen molar-refractivity contribution in [1.29, 1.82) is 0 Å². The molecule has 0 bridgehead atoms. The van der Waals surface area contributed by atoms with E-state index in [4.69, 9.17) is 5.11 Å². The van der Waals surface area contributed by atoms with Gasteiger partial charge in [0.05, 0.1) is 6.10 Å². The minimum Gasteiger partial charge on any atom is -0.481 e. The smallest absolute Gasteiger partial charge is 0.303 e. The molecule has 5 heteroatoms. The highest BCUT2D eigenvalue weighted by Crippen LogP contribution is 2.27. The number of carbonyl (C=O) groups is 2. The monoisotopic (exact) mass is 350 g/mol. The lowest BCUT2D eigenvalue weighted by atomic mass is 10.0. The van der Waals surface area contributed by atoms with Crippen LogP contribution >= 0.6 is 0 Å². The van der Waals surface area contributed by atoms with Gasteiger partial charge in [-0.2, -0.15) is 0 Å². The van der Waals surface area contributed by atoms with Crippen molar-refractivity contribution in [3.63, 3.8) is 0 Å². The van der Waals surface area contributed by atoms with E-state index < -0.39 is 18.2 Å². The molecule has 3 N–H and O–H groups in total. The Hall–Kier alpha value is -1.64. The van der Waals surface area contributed by atoms with Gasteiger partial charge < -0.3 is 15.3 Å². The maximum atomic E-state index is 12.0. The molecule has 140 valence electrons. The molecule has 25 heavy (non-hydrogen) atoms. The van der Waals surface area contributed by atoms with Crippen molar-refractivity contribution in [1.82, 2.24) is 0 Å². The lowest BCUT2D eigenvalue weighted by Crippen LogP contribution is -2.06. The third kappa shape index (κ3) is 8.33. The summed E-state index contributed by atoms with van der Waals surface area (Å²) in [6.07, 6.45) is 5.95. The maximum absolute atomic E-state index is 12.0. The molecule has 0 aromatic carbocycles. The molecule has 0 saturated heterocycles. The largest absolute Gasteiger partial charge is 0.481 e. The Morgan fingerprint density at radius 1 is 1.20 bits per heavy atom. The molecule has 0 saturated carbocycles. The highest BCUT2D eigenvalue weighted by molar-refractivity contribution is 6.00. The van der Waals surface area contributed by atoms with E-state index in [2.05, 4.69) is 18.8 Å². The summed E-state index contributed by atoms with van der Waals surface area (Å²) in [5, 5.41) is 28.5. The van der Waals surface area contributed by atoms with Gasteiger partial charge >= 0.3 is 5.97 Å². The number of aliphatic hydroxyl groups excluding tert-OH is 2. The predicted molar refractivity (Wildman–Crippen MR) is 95.9 cm³/mol. The fourth-order valence-corrected chi connectivity index (χ4v) is 2.94. The molecule has 2 atom stereocenters. The first-order valence-electron chi connectivity index (χ1n) is 9.31. The van der Waals surface area contributed by atoms with Gasteiger partial charge in [-0.05, 0) is 32.1 Å². The van der Waals surface area contributed by atoms with Gasteiger partial charge in [0, 0.05) is 24.0 Å². The van der Waals surface area contributed by atoms with Gasteiger partial charge in [0.15, 0.2) is 5.78 Å². The number of aliphatic carboxylic acids is 1. The molecule has 5 nitrogen and oxygen atoms in total. The lowest BCUT2D eigenvalue weighted by molar-refractivity contribution is -0.137. The van der Waals surface area contributed by atoms with Crippen LogP contribution in [-0.4, -0.2) is 39.3 Å². The van der Waals surface area contributed by atoms with Crippen molar-refractivity contribution in [2.24, 2.45) is 0 Å². The molecule has 1 rings (SSSR count). The number of rotatable bonds is 11. The second kappa shape index (κ2) is 11.8. The average Bonchev–Trinajstić information content (AvgIpc) is 2.82. The van der Waals surface area contributed by atoms with Crippen molar-refractivity contribution in [2.75, 3.05) is 0 Å². The molecular formula is C20H30O5. The molecule has 0 spiro atoms. The van der Waals surface area contributed by atoms with Crippen LogP contribution in [0.2, 0.25) is 0 Å². The molecule has 0 heterocycles. The number of unbranched alkanes of at least 4 members (excludes halogenated alkanes) is 5. The van der Waals surface area contributed by atoms with Crippen LogP contribution in [0.5, 0.6) is 0 Å². The van der Waals surface area contributed by atoms with E-state index in [0.29, 0.717) is 30.4 Å². The number of aliphatic hydroxyl groups is 2. The number of hydrogen-bond donors (Lipinski definition) is 3. The van der Waals surface area contributed by atoms with Gasteiger partial charge in [0.2, 0.25) is 0 Å². The van der Waals surface area contributed by atoms with Crippen LogP contribution in [0.25, 0.3) is 0 Å². The zero-order chi connectivity index (χ0) is 18.7. The predicted octanol–water partition coefficient (Wildman–Crippen LogP) is 2.99. The van der Waals surface area contributed by atoms with E-state index in [0.717, 1.165) is 38.5 Å². The Balaban J connectivity index is 2.54. The van der Waals surface area contributed by atoms with Gasteiger partial charge in [0.1, 0.15) is 6.10 Å². The molecule has 1 aliphatic rings. The number of carboxylic acids is 1. The summed E-state index contributed by atoms with van der Waals surface area (Å²) in [5.74, 6) is 4.74. The second-order valence-corrected chi connectivity index (χ2v) is 6.62. The van der Waals surface area contributed by atoms with Gasteiger partial charge in [-0.3, -0.25) is 9.59 Å². The Morgan fingerprint density at radius 2 is 1.92 bits per heavy atom. The molecular weight excluding hydrogens is 320 g/mol. The van der Waals surface area contributed by atoms with Crippen LogP contribution in [0.3, 0.4) is 0 Å². The number of hydrogen-bond acceptors (Lipinski definition) is 4. The van der Waals surface area contributed by atoms with E-state index in [9.17, 15) is 19.8 Å². The summed E-state index contributed by atoms with van der Waals surface area (Å²) in [4.78, 5) is 22.5. The number of carbonyl (C=O) groups excluding carboxylic acids is 1. The van der Waals surface area contributed by atoms with E-state index in [-0.39, 0.29) is 18.6 Å². The van der Waals surface area contributed by atoms with Gasteiger partial charge in [-0.25, -0.2) is 0 Å². The first-order valence-corrected chi connectivity index (χ1v) is 9.31. The van der Waals surface area contributed by atoms with Crippen LogP contribution in [0.1, 0.15) is 77.6 Å². The Bertz CT molecular complexity index is 538. The van der Waals surface area contributed by atoms with Gasteiger partial charge in [-0.1, -0.05) is 44.4 Å². The van der Waals surface area contributed by atoms with Crippen LogP contribution in [0, 0.1) is 11.8 Å². The van der Waals surface area contributed by atoms with Gasteiger partial charge in [-0.15, -0.1) is 0 Å². The van der Waals surface area contributed by atoms with Crippen molar-refractivity contribution >= 4 is 11.8 Å². The van der Waals surface area contributed by atoms with Crippen molar-refractivity contribution < 1.29 is 24.9 Å². The first-order chi connectivity index (χ1) is 12.0. The molecule has 0 aromatic rings. The van der Waals surface area contributed by atoms with Crippen molar-refractivity contribution in [3.8, 4) is 11.8 Å². The maximum Gasteiger partial charge on any atom is 0.303 e. The number of ketones is 1. The lowest BCUT2D eigenvalue weighted by Gasteiger charge is -2.05. The third-order valence-electron chi connectivity index (χ3n) is 4.40. The normalized spacial score (nSPS) is 18.2. The van der Waals surface area contributed by atoms with E-state index in [1.165, 1.54) is 0 Å². The zero-order valence-corrected chi connectivity index (χ0v) is 15.1. The summed E-state index contributed by atoms with van der Waals surface area (Å²) in [7, 11) is 0. The van der Waals surface area contributed by atoms with Crippen molar-refractivity contribution in [2.45, 2.75) is 89.8 Å². The number of Topliss-reactive ketones (excluding diaryl/α,β-unsaturated/α-hetero) is 1. The Morgan fingerprint density at radius 3 is 2.60 bits per heavy atom. The number of carboxylic acid groups (broad SMARTS) is 1. The van der Waals surface area contributed by atoms with Crippen LogP contribution in [0.15, 0.2) is 11.1 Å². The van der Waals surface area contributed by atoms with Gasteiger partial charge in [0.25, 0.3) is 0 Å². The minimum absolute atomic E-state index is 0.0668. The summed E-state index contributed by atoms with van der Waals surface area (Å²) in [6.45, 7) is 2.09. The van der Waals surface area contributed by atoms with Crippen LogP contribution in [0.4, 0.5) is 0 Å². The fourth-order valence-electron chi connectivity index (χ4n) is 2.94. The van der Waals surface area contributed by atoms with E-state index >= 15 is 0 Å². The molecule has 0 aliphatic heterocycles. The Kier molecular flexibility index (Phi) is 10.1. The summed E-state index contributed by atoms with van der Waals surface area (Å²) in [6, 6.07) is 0. The average molecular weight is 350 g/mol. The standard InChI is InChI=1S/C20H30O5/c1-2-3-6-9-15(21)12-13-17-16(18(22)14-19(17)23)10-7-4-5-8-11-20(24)25/h15,19,21,23H,2-11,14H2,1H3,(H,24,25). The summed E-state index contributed by atoms with van der Waals surface area (Å²) >= 11 is 0. The molecule has 0 amide bonds. The molecule has 0 fully saturated rings. The van der Waals surface area contributed by atoms with Crippen LogP contribution in [-0.2, 0) is 9.59 Å². The zero-order valence-electron chi connectivity index (χ0n) is 15.1.